The summed E-state index contributed by atoms with van der Waals surface area (Å²) in [6.07, 6.45) is -4.40. The van der Waals surface area contributed by atoms with Crippen molar-refractivity contribution in [3.63, 3.8) is 0 Å². The van der Waals surface area contributed by atoms with Gasteiger partial charge in [0.1, 0.15) is 11.4 Å². The molecule has 0 aliphatic rings. The molecule has 0 radical (unpaired) electrons. The maximum atomic E-state index is 13.0. The molecule has 0 aliphatic carbocycles. The SMILES string of the molecule is Cc1nc2cc(Oc3cc(-c4ccc(C(F)(F)F)cc4)c(-c4ccccc4)nn3)ccc2s1. The van der Waals surface area contributed by atoms with E-state index in [0.29, 0.717) is 22.6 Å². The molecule has 8 heteroatoms. The van der Waals surface area contributed by atoms with E-state index in [2.05, 4.69) is 15.2 Å². The summed E-state index contributed by atoms with van der Waals surface area (Å²) in [5.74, 6) is 0.781. The third kappa shape index (κ3) is 4.42. The molecule has 0 unspecified atom stereocenters. The number of ether oxygens (including phenoxy) is 1. The van der Waals surface area contributed by atoms with Crippen molar-refractivity contribution >= 4 is 21.6 Å². The van der Waals surface area contributed by atoms with Crippen LogP contribution in [0.5, 0.6) is 11.6 Å². The number of aryl methyl sites for hydroxylation is 1. The molecule has 0 atom stereocenters. The molecule has 5 aromatic rings. The number of benzene rings is 3. The number of fused-ring (bicyclic) bond motifs is 1. The van der Waals surface area contributed by atoms with Gasteiger partial charge < -0.3 is 4.74 Å². The van der Waals surface area contributed by atoms with E-state index in [4.69, 9.17) is 4.74 Å². The van der Waals surface area contributed by atoms with Crippen LogP contribution in [-0.4, -0.2) is 15.2 Å². The second kappa shape index (κ2) is 8.29. The van der Waals surface area contributed by atoms with Crippen molar-refractivity contribution in [2.45, 2.75) is 13.1 Å². The van der Waals surface area contributed by atoms with Crippen molar-refractivity contribution in [3.8, 4) is 34.0 Å². The van der Waals surface area contributed by atoms with Crippen molar-refractivity contribution in [1.29, 1.82) is 0 Å². The predicted molar refractivity (Wildman–Crippen MR) is 122 cm³/mol. The Balaban J connectivity index is 1.56. The van der Waals surface area contributed by atoms with E-state index in [-0.39, 0.29) is 5.88 Å². The smallest absolute Gasteiger partial charge is 0.416 e. The normalized spacial score (nSPS) is 11.6. The second-order valence-electron chi connectivity index (χ2n) is 7.35. The van der Waals surface area contributed by atoms with Crippen LogP contribution in [-0.2, 0) is 6.18 Å². The Labute approximate surface area is 191 Å². The van der Waals surface area contributed by atoms with Gasteiger partial charge in [-0.05, 0) is 36.8 Å². The minimum atomic E-state index is -4.40. The number of nitrogens with zero attached hydrogens (tertiary/aromatic N) is 3. The first-order valence-corrected chi connectivity index (χ1v) is 10.8. The topological polar surface area (TPSA) is 47.9 Å². The monoisotopic (exact) mass is 463 g/mol. The molecule has 2 heterocycles. The largest absolute Gasteiger partial charge is 0.437 e. The highest BCUT2D eigenvalue weighted by Gasteiger charge is 2.30. The van der Waals surface area contributed by atoms with Gasteiger partial charge in [-0.1, -0.05) is 42.5 Å². The summed E-state index contributed by atoms with van der Waals surface area (Å²) in [5.41, 5.74) is 2.65. The van der Waals surface area contributed by atoms with Crippen molar-refractivity contribution in [1.82, 2.24) is 15.2 Å². The lowest BCUT2D eigenvalue weighted by Gasteiger charge is -2.12. The molecule has 4 nitrogen and oxygen atoms in total. The highest BCUT2D eigenvalue weighted by molar-refractivity contribution is 7.18. The van der Waals surface area contributed by atoms with Gasteiger partial charge in [-0.3, -0.25) is 0 Å². The molecule has 0 aliphatic heterocycles. The number of aromatic nitrogens is 3. The molecule has 0 spiro atoms. The van der Waals surface area contributed by atoms with Crippen LogP contribution in [0.15, 0.2) is 78.9 Å². The third-order valence-corrected chi connectivity index (χ3v) is 5.98. The molecule has 0 bridgehead atoms. The van der Waals surface area contributed by atoms with E-state index >= 15 is 0 Å². The molecule has 164 valence electrons. The fourth-order valence-electron chi connectivity index (χ4n) is 3.50. The van der Waals surface area contributed by atoms with Crippen molar-refractivity contribution in [3.05, 3.63) is 89.4 Å². The Bertz CT molecular complexity index is 1430. The van der Waals surface area contributed by atoms with Gasteiger partial charge in [-0.15, -0.1) is 21.5 Å². The molecule has 5 rings (SSSR count). The highest BCUT2D eigenvalue weighted by atomic mass is 32.1. The molecule has 0 saturated heterocycles. The van der Waals surface area contributed by atoms with Crippen LogP contribution in [0.2, 0.25) is 0 Å². The lowest BCUT2D eigenvalue weighted by Crippen LogP contribution is -2.04. The average Bonchev–Trinajstić information content (AvgIpc) is 3.18. The Morgan fingerprint density at radius 2 is 1.58 bits per heavy atom. The Hall–Kier alpha value is -3.78. The zero-order valence-corrected chi connectivity index (χ0v) is 18.1. The number of halogens is 3. The summed E-state index contributed by atoms with van der Waals surface area (Å²) in [6.45, 7) is 1.94. The Morgan fingerprint density at radius 3 is 2.30 bits per heavy atom. The minimum absolute atomic E-state index is 0.232. The quantitative estimate of drug-likeness (QED) is 0.276. The van der Waals surface area contributed by atoms with Crippen LogP contribution >= 0.6 is 11.3 Å². The van der Waals surface area contributed by atoms with Crippen LogP contribution in [0.25, 0.3) is 32.6 Å². The average molecular weight is 463 g/mol. The van der Waals surface area contributed by atoms with E-state index in [1.807, 2.05) is 55.5 Å². The van der Waals surface area contributed by atoms with Crippen molar-refractivity contribution < 1.29 is 17.9 Å². The lowest BCUT2D eigenvalue weighted by molar-refractivity contribution is -0.137. The summed E-state index contributed by atoms with van der Waals surface area (Å²) < 4.78 is 46.1. The Kier molecular flexibility index (Phi) is 5.30. The molecular weight excluding hydrogens is 447 g/mol. The maximum absolute atomic E-state index is 13.0. The standard InChI is InChI=1S/C25H16F3N3OS/c1-15-29-21-13-19(11-12-22(21)33-15)32-23-14-20(16-7-9-18(10-8-16)25(26,27)28)24(31-30-23)17-5-3-2-4-6-17/h2-14H,1H3. The van der Waals surface area contributed by atoms with E-state index in [9.17, 15) is 13.2 Å². The number of hydrogen-bond acceptors (Lipinski definition) is 5. The summed E-state index contributed by atoms with van der Waals surface area (Å²) in [5, 5.41) is 9.51. The van der Waals surface area contributed by atoms with E-state index < -0.39 is 11.7 Å². The summed E-state index contributed by atoms with van der Waals surface area (Å²) >= 11 is 1.59. The minimum Gasteiger partial charge on any atom is -0.437 e. The zero-order chi connectivity index (χ0) is 23.0. The molecule has 0 N–H and O–H groups in total. The van der Waals surface area contributed by atoms with Gasteiger partial charge in [-0.2, -0.15) is 13.2 Å². The van der Waals surface area contributed by atoms with Crippen molar-refractivity contribution in [2.75, 3.05) is 0 Å². The molecule has 33 heavy (non-hydrogen) atoms. The molecular formula is C25H16F3N3OS. The van der Waals surface area contributed by atoms with Gasteiger partial charge in [0.25, 0.3) is 0 Å². The van der Waals surface area contributed by atoms with Gasteiger partial charge >= 0.3 is 6.18 Å². The predicted octanol–water partition coefficient (Wildman–Crippen LogP) is 7.54. The number of alkyl halides is 3. The number of thiazole rings is 1. The molecule has 2 aromatic heterocycles. The van der Waals surface area contributed by atoms with Gasteiger partial charge in [0, 0.05) is 23.3 Å². The highest BCUT2D eigenvalue weighted by Crippen LogP contribution is 2.36. The zero-order valence-electron chi connectivity index (χ0n) is 17.3. The fourth-order valence-corrected chi connectivity index (χ4v) is 4.31. The van der Waals surface area contributed by atoms with Crippen LogP contribution < -0.4 is 4.74 Å². The van der Waals surface area contributed by atoms with Crippen molar-refractivity contribution in [2.24, 2.45) is 0 Å². The molecule has 0 fully saturated rings. The first kappa shape index (κ1) is 21.1. The molecule has 0 saturated carbocycles. The maximum Gasteiger partial charge on any atom is 0.416 e. The van der Waals surface area contributed by atoms with E-state index in [0.717, 1.165) is 32.9 Å². The van der Waals surface area contributed by atoms with Gasteiger partial charge in [0.2, 0.25) is 5.88 Å². The first-order valence-electron chi connectivity index (χ1n) is 10.0. The van der Waals surface area contributed by atoms with E-state index in [1.54, 1.807) is 17.4 Å². The third-order valence-electron chi connectivity index (χ3n) is 5.03. The lowest BCUT2D eigenvalue weighted by atomic mass is 9.99. The van der Waals surface area contributed by atoms with Gasteiger partial charge in [0.15, 0.2) is 0 Å². The Morgan fingerprint density at radius 1 is 0.818 bits per heavy atom. The summed E-state index contributed by atoms with van der Waals surface area (Å²) in [6, 6.07) is 21.6. The molecule has 3 aromatic carbocycles. The summed E-state index contributed by atoms with van der Waals surface area (Å²) in [7, 11) is 0. The van der Waals surface area contributed by atoms with Crippen LogP contribution in [0.4, 0.5) is 13.2 Å². The number of hydrogen-bond donors (Lipinski definition) is 0. The van der Waals surface area contributed by atoms with E-state index in [1.165, 1.54) is 12.1 Å². The van der Waals surface area contributed by atoms with Crippen LogP contribution in [0.1, 0.15) is 10.6 Å². The summed E-state index contributed by atoms with van der Waals surface area (Å²) in [4.78, 5) is 4.47. The van der Waals surface area contributed by atoms with Gasteiger partial charge in [-0.25, -0.2) is 4.98 Å². The van der Waals surface area contributed by atoms with Gasteiger partial charge in [0.05, 0.1) is 20.8 Å². The van der Waals surface area contributed by atoms with Crippen LogP contribution in [0.3, 0.4) is 0 Å². The fraction of sp³-hybridized carbons (Fsp3) is 0.0800. The van der Waals surface area contributed by atoms with Crippen LogP contribution in [0, 0.1) is 6.92 Å². The second-order valence-corrected chi connectivity index (χ2v) is 8.59. The first-order chi connectivity index (χ1) is 15.9. The molecule has 0 amide bonds. The number of rotatable bonds is 4.